The lowest BCUT2D eigenvalue weighted by atomic mass is 10.2. The monoisotopic (exact) mass is 235 g/mol. The van der Waals surface area contributed by atoms with Gasteiger partial charge in [0.1, 0.15) is 4.49 Å². The second-order valence-corrected chi connectivity index (χ2v) is 3.51. The van der Waals surface area contributed by atoms with Crippen LogP contribution in [-0.4, -0.2) is 30.9 Å². The van der Waals surface area contributed by atoms with E-state index in [9.17, 15) is 9.59 Å². The minimum Gasteiger partial charge on any atom is -0.465 e. The van der Waals surface area contributed by atoms with Gasteiger partial charge >= 0.3 is 5.97 Å². The lowest BCUT2D eigenvalue weighted by Gasteiger charge is -2.12. The summed E-state index contributed by atoms with van der Waals surface area (Å²) in [6.07, 6.45) is 1.13. The first kappa shape index (κ1) is 11.1. The maximum absolute atomic E-state index is 11.2. The summed E-state index contributed by atoms with van der Waals surface area (Å²) < 4.78 is 4.33. The van der Waals surface area contributed by atoms with Crippen LogP contribution in [0.25, 0.3) is 0 Å². The first-order valence-electron chi connectivity index (χ1n) is 3.62. The molecule has 1 aliphatic heterocycles. The number of halogens is 2. The Labute approximate surface area is 90.7 Å². The molecule has 0 atom stereocenters. The molecule has 0 aromatic carbocycles. The largest absolute Gasteiger partial charge is 0.465 e. The van der Waals surface area contributed by atoms with Crippen LogP contribution in [0.1, 0.15) is 0 Å². The molecule has 0 N–H and O–H groups in total. The number of amides is 1. The Kier molecular flexibility index (Phi) is 3.18. The Morgan fingerprint density at radius 3 is 2.50 bits per heavy atom. The fourth-order valence-electron chi connectivity index (χ4n) is 1.07. The maximum atomic E-state index is 11.2. The third-order valence-corrected chi connectivity index (χ3v) is 2.13. The first-order valence-corrected chi connectivity index (χ1v) is 4.38. The van der Waals surface area contributed by atoms with Gasteiger partial charge in [-0.1, -0.05) is 23.2 Å². The number of methoxy groups -OCH3 is 1. The molecule has 0 unspecified atom stereocenters. The number of nitrogens with zero attached hydrogens (tertiary/aromatic N) is 1. The molecule has 0 spiro atoms. The lowest BCUT2D eigenvalue weighted by Crippen LogP contribution is -2.20. The zero-order chi connectivity index (χ0) is 10.9. The molecule has 0 aromatic rings. The molecule has 0 aliphatic carbocycles. The van der Waals surface area contributed by atoms with E-state index in [2.05, 4.69) is 4.74 Å². The van der Waals surface area contributed by atoms with E-state index in [4.69, 9.17) is 23.2 Å². The van der Waals surface area contributed by atoms with Gasteiger partial charge in [0.2, 0.25) is 0 Å². The topological polar surface area (TPSA) is 46.6 Å². The number of likely N-dealkylation sites (N-methyl/N-ethyl adjacent to an activating group) is 1. The average molecular weight is 236 g/mol. The van der Waals surface area contributed by atoms with Crippen molar-refractivity contribution >= 4 is 35.1 Å². The third kappa shape index (κ3) is 1.76. The molecule has 4 nitrogen and oxygen atoms in total. The fourth-order valence-corrected chi connectivity index (χ4v) is 1.53. The average Bonchev–Trinajstić information content (AvgIpc) is 2.42. The van der Waals surface area contributed by atoms with Crippen molar-refractivity contribution in [2.45, 2.75) is 0 Å². The second-order valence-electron chi connectivity index (χ2n) is 2.56. The molecule has 1 amide bonds. The van der Waals surface area contributed by atoms with Crippen LogP contribution in [0, 0.1) is 0 Å². The number of rotatable bonds is 1. The highest BCUT2D eigenvalue weighted by molar-refractivity contribution is 6.56. The van der Waals surface area contributed by atoms with Crippen molar-refractivity contribution < 1.29 is 14.3 Å². The number of esters is 1. The Bertz CT molecular complexity index is 356. The van der Waals surface area contributed by atoms with E-state index in [-0.39, 0.29) is 21.7 Å². The van der Waals surface area contributed by atoms with E-state index in [1.165, 1.54) is 19.1 Å². The molecular formula is C8H7Cl2NO3. The van der Waals surface area contributed by atoms with Gasteiger partial charge in [-0.05, 0) is 0 Å². The first-order chi connectivity index (χ1) is 6.49. The predicted octanol–water partition coefficient (Wildman–Crippen LogP) is 1.20. The zero-order valence-electron chi connectivity index (χ0n) is 7.51. The quantitative estimate of drug-likeness (QED) is 0.642. The van der Waals surface area contributed by atoms with E-state index in [0.717, 1.165) is 6.08 Å². The summed E-state index contributed by atoms with van der Waals surface area (Å²) in [5, 5.41) is 0. The molecule has 0 fully saturated rings. The second kappa shape index (κ2) is 4.02. The van der Waals surface area contributed by atoms with Gasteiger partial charge in [-0.15, -0.1) is 0 Å². The molecule has 1 heterocycles. The van der Waals surface area contributed by atoms with Gasteiger partial charge in [-0.25, -0.2) is 4.79 Å². The van der Waals surface area contributed by atoms with Crippen molar-refractivity contribution in [1.29, 1.82) is 0 Å². The minimum absolute atomic E-state index is 0.0694. The van der Waals surface area contributed by atoms with Crippen molar-refractivity contribution in [3.8, 4) is 0 Å². The Balaban J connectivity index is 3.18. The van der Waals surface area contributed by atoms with Crippen LogP contribution < -0.4 is 0 Å². The fraction of sp³-hybridized carbons (Fsp3) is 0.250. The van der Waals surface area contributed by atoms with E-state index in [0.29, 0.717) is 0 Å². The Morgan fingerprint density at radius 1 is 1.50 bits per heavy atom. The van der Waals surface area contributed by atoms with E-state index < -0.39 is 5.97 Å². The van der Waals surface area contributed by atoms with Crippen molar-refractivity contribution in [3.63, 3.8) is 0 Å². The molecule has 6 heteroatoms. The Hall–Kier alpha value is -1.00. The zero-order valence-corrected chi connectivity index (χ0v) is 9.02. The maximum Gasteiger partial charge on any atom is 0.340 e. The van der Waals surface area contributed by atoms with E-state index >= 15 is 0 Å². The molecule has 0 bridgehead atoms. The van der Waals surface area contributed by atoms with Gasteiger partial charge < -0.3 is 9.64 Å². The molecular weight excluding hydrogens is 229 g/mol. The highest BCUT2D eigenvalue weighted by Crippen LogP contribution is 2.29. The SMILES string of the molecule is COC(=O)C1=CC(=O)N(C)C1=C(Cl)Cl. The molecule has 0 saturated carbocycles. The lowest BCUT2D eigenvalue weighted by molar-refractivity contribution is -0.135. The van der Waals surface area contributed by atoms with Crippen LogP contribution in [0.2, 0.25) is 0 Å². The summed E-state index contributed by atoms with van der Waals surface area (Å²) in [6.45, 7) is 0. The van der Waals surface area contributed by atoms with Crippen LogP contribution >= 0.6 is 23.2 Å². The van der Waals surface area contributed by atoms with Crippen LogP contribution in [0.4, 0.5) is 0 Å². The highest BCUT2D eigenvalue weighted by Gasteiger charge is 2.31. The summed E-state index contributed by atoms with van der Waals surface area (Å²) in [4.78, 5) is 23.6. The Morgan fingerprint density at radius 2 is 2.07 bits per heavy atom. The molecule has 76 valence electrons. The number of hydrogen-bond acceptors (Lipinski definition) is 3. The molecule has 0 radical (unpaired) electrons. The molecule has 1 aliphatic rings. The van der Waals surface area contributed by atoms with Gasteiger partial charge in [0.15, 0.2) is 0 Å². The van der Waals surface area contributed by atoms with Crippen molar-refractivity contribution in [3.05, 3.63) is 21.8 Å². The van der Waals surface area contributed by atoms with Crippen molar-refractivity contribution in [2.75, 3.05) is 14.2 Å². The van der Waals surface area contributed by atoms with Gasteiger partial charge in [-0.3, -0.25) is 4.79 Å². The van der Waals surface area contributed by atoms with Crippen LogP contribution in [0.5, 0.6) is 0 Å². The van der Waals surface area contributed by atoms with Crippen LogP contribution in [0.3, 0.4) is 0 Å². The molecule has 1 rings (SSSR count). The number of carbonyl (C=O) groups excluding carboxylic acids is 2. The third-order valence-electron chi connectivity index (χ3n) is 1.77. The number of ether oxygens (including phenoxy) is 1. The molecule has 14 heavy (non-hydrogen) atoms. The summed E-state index contributed by atoms with van der Waals surface area (Å²) in [7, 11) is 2.68. The van der Waals surface area contributed by atoms with Gasteiger partial charge in [0, 0.05) is 13.1 Å². The number of carbonyl (C=O) groups is 2. The van der Waals surface area contributed by atoms with Crippen LogP contribution in [-0.2, 0) is 14.3 Å². The summed E-state index contributed by atoms with van der Waals surface area (Å²) in [5.41, 5.74) is 0.241. The predicted molar refractivity (Wildman–Crippen MR) is 51.6 cm³/mol. The van der Waals surface area contributed by atoms with E-state index in [1.807, 2.05) is 0 Å². The summed E-state index contributed by atoms with van der Waals surface area (Å²) >= 11 is 11.1. The molecule has 0 aromatic heterocycles. The molecule has 0 saturated heterocycles. The smallest absolute Gasteiger partial charge is 0.340 e. The van der Waals surface area contributed by atoms with Gasteiger partial charge in [0.05, 0.1) is 18.4 Å². The van der Waals surface area contributed by atoms with E-state index in [1.54, 1.807) is 0 Å². The van der Waals surface area contributed by atoms with Crippen LogP contribution in [0.15, 0.2) is 21.8 Å². The van der Waals surface area contributed by atoms with Gasteiger partial charge in [-0.2, -0.15) is 0 Å². The normalized spacial score (nSPS) is 15.7. The van der Waals surface area contributed by atoms with Crippen molar-refractivity contribution in [2.24, 2.45) is 0 Å². The summed E-state index contributed by atoms with van der Waals surface area (Å²) in [6, 6.07) is 0. The minimum atomic E-state index is -0.642. The standard InChI is InChI=1S/C8H7Cl2NO3/c1-11-5(12)3-4(8(13)14-2)6(11)7(9)10/h3H,1-2H3. The summed E-state index contributed by atoms with van der Waals surface area (Å²) in [5.74, 6) is -1.00. The number of hydrogen-bond donors (Lipinski definition) is 0. The highest BCUT2D eigenvalue weighted by atomic mass is 35.5. The van der Waals surface area contributed by atoms with Gasteiger partial charge in [0.25, 0.3) is 5.91 Å². The van der Waals surface area contributed by atoms with Crippen molar-refractivity contribution in [1.82, 2.24) is 4.90 Å².